The standard InChI is InChI=1S/C10H21N3O3S/c1-2-6-11-10(14)9-12-17(15,16)13-7-4-3-5-8-13/h12H,2-9H2,1H3,(H,11,14). The van der Waals surface area contributed by atoms with Crippen molar-refractivity contribution in [3.05, 3.63) is 0 Å². The third-order valence-electron chi connectivity index (χ3n) is 2.64. The molecular weight excluding hydrogens is 242 g/mol. The summed E-state index contributed by atoms with van der Waals surface area (Å²) in [6.07, 6.45) is 3.69. The van der Waals surface area contributed by atoms with Gasteiger partial charge < -0.3 is 5.32 Å². The minimum absolute atomic E-state index is 0.182. The Kier molecular flexibility index (Phi) is 5.87. The third-order valence-corrected chi connectivity index (χ3v) is 4.20. The molecule has 0 bridgehead atoms. The highest BCUT2D eigenvalue weighted by Crippen LogP contribution is 2.11. The molecule has 0 radical (unpaired) electrons. The average molecular weight is 263 g/mol. The summed E-state index contributed by atoms with van der Waals surface area (Å²) in [6.45, 7) is 3.43. The van der Waals surface area contributed by atoms with E-state index in [-0.39, 0.29) is 12.5 Å². The van der Waals surface area contributed by atoms with Gasteiger partial charge in [-0.2, -0.15) is 17.4 Å². The Morgan fingerprint density at radius 2 is 1.88 bits per heavy atom. The maximum Gasteiger partial charge on any atom is 0.279 e. The van der Waals surface area contributed by atoms with E-state index in [1.54, 1.807) is 0 Å². The first kappa shape index (κ1) is 14.4. The number of hydrogen-bond donors (Lipinski definition) is 2. The van der Waals surface area contributed by atoms with Crippen molar-refractivity contribution < 1.29 is 13.2 Å². The SMILES string of the molecule is CCCNC(=O)CNS(=O)(=O)N1CCCCC1. The molecule has 100 valence electrons. The Labute approximate surface area is 103 Å². The lowest BCUT2D eigenvalue weighted by Crippen LogP contribution is -2.46. The molecule has 0 aliphatic carbocycles. The van der Waals surface area contributed by atoms with Crippen LogP contribution >= 0.6 is 0 Å². The number of piperidine rings is 1. The van der Waals surface area contributed by atoms with Crippen LogP contribution in [-0.4, -0.2) is 44.8 Å². The fourth-order valence-corrected chi connectivity index (χ4v) is 2.92. The largest absolute Gasteiger partial charge is 0.355 e. The van der Waals surface area contributed by atoms with E-state index in [0.717, 1.165) is 25.7 Å². The summed E-state index contributed by atoms with van der Waals surface area (Å²) in [5.41, 5.74) is 0. The van der Waals surface area contributed by atoms with Gasteiger partial charge in [-0.25, -0.2) is 0 Å². The highest BCUT2D eigenvalue weighted by molar-refractivity contribution is 7.87. The van der Waals surface area contributed by atoms with Crippen molar-refractivity contribution in [1.82, 2.24) is 14.3 Å². The molecule has 6 nitrogen and oxygen atoms in total. The van der Waals surface area contributed by atoms with Crippen LogP contribution in [0.25, 0.3) is 0 Å². The minimum Gasteiger partial charge on any atom is -0.355 e. The van der Waals surface area contributed by atoms with E-state index in [2.05, 4.69) is 10.0 Å². The van der Waals surface area contributed by atoms with Gasteiger partial charge in [0.25, 0.3) is 10.2 Å². The summed E-state index contributed by atoms with van der Waals surface area (Å²) in [5, 5.41) is 2.62. The Balaban J connectivity index is 2.35. The van der Waals surface area contributed by atoms with Gasteiger partial charge in [0.2, 0.25) is 5.91 Å². The van der Waals surface area contributed by atoms with E-state index >= 15 is 0 Å². The minimum atomic E-state index is -3.48. The lowest BCUT2D eigenvalue weighted by Gasteiger charge is -2.25. The summed E-state index contributed by atoms with van der Waals surface area (Å²) in [5.74, 6) is -0.285. The van der Waals surface area contributed by atoms with Crippen LogP contribution in [0.3, 0.4) is 0 Å². The fraction of sp³-hybridized carbons (Fsp3) is 0.900. The monoisotopic (exact) mass is 263 g/mol. The van der Waals surface area contributed by atoms with Crippen molar-refractivity contribution in [3.8, 4) is 0 Å². The molecule has 0 spiro atoms. The van der Waals surface area contributed by atoms with Crippen LogP contribution in [0.15, 0.2) is 0 Å². The lowest BCUT2D eigenvalue weighted by atomic mass is 10.2. The fourth-order valence-electron chi connectivity index (χ4n) is 1.68. The van der Waals surface area contributed by atoms with Gasteiger partial charge in [-0.1, -0.05) is 13.3 Å². The van der Waals surface area contributed by atoms with Crippen molar-refractivity contribution in [3.63, 3.8) is 0 Å². The predicted molar refractivity (Wildman–Crippen MR) is 65.6 cm³/mol. The Morgan fingerprint density at radius 1 is 1.24 bits per heavy atom. The Morgan fingerprint density at radius 3 is 2.47 bits per heavy atom. The van der Waals surface area contributed by atoms with Gasteiger partial charge in [0.05, 0.1) is 6.54 Å². The molecule has 1 fully saturated rings. The van der Waals surface area contributed by atoms with E-state index in [1.165, 1.54) is 4.31 Å². The molecule has 0 atom stereocenters. The number of carbonyl (C=O) groups is 1. The van der Waals surface area contributed by atoms with E-state index in [4.69, 9.17) is 0 Å². The summed E-state index contributed by atoms with van der Waals surface area (Å²) < 4.78 is 27.3. The van der Waals surface area contributed by atoms with Gasteiger partial charge in [0, 0.05) is 19.6 Å². The molecule has 1 amide bonds. The van der Waals surface area contributed by atoms with Crippen molar-refractivity contribution in [2.24, 2.45) is 0 Å². The molecule has 1 aliphatic heterocycles. The number of rotatable bonds is 6. The summed E-state index contributed by atoms with van der Waals surface area (Å²) in [4.78, 5) is 11.3. The first-order valence-corrected chi connectivity index (χ1v) is 7.51. The van der Waals surface area contributed by atoms with Crippen LogP contribution in [0.2, 0.25) is 0 Å². The highest BCUT2D eigenvalue weighted by Gasteiger charge is 2.23. The van der Waals surface area contributed by atoms with Crippen LogP contribution in [0.1, 0.15) is 32.6 Å². The zero-order chi connectivity index (χ0) is 12.7. The van der Waals surface area contributed by atoms with Gasteiger partial charge in [0.15, 0.2) is 0 Å². The first-order valence-electron chi connectivity index (χ1n) is 6.07. The molecule has 0 aromatic carbocycles. The molecule has 1 saturated heterocycles. The number of carbonyl (C=O) groups excluding carboxylic acids is 1. The second-order valence-electron chi connectivity index (χ2n) is 4.14. The zero-order valence-corrected chi connectivity index (χ0v) is 11.1. The molecule has 0 saturated carbocycles. The second kappa shape index (κ2) is 6.93. The van der Waals surface area contributed by atoms with Crippen LogP contribution in [0.5, 0.6) is 0 Å². The molecule has 17 heavy (non-hydrogen) atoms. The molecule has 0 aromatic heterocycles. The number of nitrogens with zero attached hydrogens (tertiary/aromatic N) is 1. The molecular formula is C10H21N3O3S. The third kappa shape index (κ3) is 5.01. The van der Waals surface area contributed by atoms with E-state index < -0.39 is 10.2 Å². The first-order chi connectivity index (χ1) is 8.06. The van der Waals surface area contributed by atoms with Gasteiger partial charge in [-0.05, 0) is 19.3 Å². The molecule has 1 rings (SSSR count). The van der Waals surface area contributed by atoms with Gasteiger partial charge >= 0.3 is 0 Å². The Bertz CT molecular complexity index is 337. The summed E-state index contributed by atoms with van der Waals surface area (Å²) >= 11 is 0. The van der Waals surface area contributed by atoms with Crippen LogP contribution in [-0.2, 0) is 15.0 Å². The summed E-state index contributed by atoms with van der Waals surface area (Å²) in [6, 6.07) is 0. The molecule has 0 aromatic rings. The van der Waals surface area contributed by atoms with Gasteiger partial charge in [-0.3, -0.25) is 4.79 Å². The molecule has 0 unspecified atom stereocenters. The number of hydrogen-bond acceptors (Lipinski definition) is 3. The van der Waals surface area contributed by atoms with Crippen molar-refractivity contribution in [1.29, 1.82) is 0 Å². The van der Waals surface area contributed by atoms with Crippen LogP contribution in [0.4, 0.5) is 0 Å². The highest BCUT2D eigenvalue weighted by atomic mass is 32.2. The molecule has 1 heterocycles. The van der Waals surface area contributed by atoms with Gasteiger partial charge in [-0.15, -0.1) is 0 Å². The van der Waals surface area contributed by atoms with Crippen LogP contribution < -0.4 is 10.0 Å². The maximum atomic E-state index is 11.8. The average Bonchev–Trinajstić information content (AvgIpc) is 2.35. The Hall–Kier alpha value is -0.660. The van der Waals surface area contributed by atoms with Crippen LogP contribution in [0, 0.1) is 0 Å². The van der Waals surface area contributed by atoms with E-state index in [1.807, 2.05) is 6.92 Å². The number of nitrogens with one attached hydrogen (secondary N) is 2. The molecule has 1 aliphatic rings. The summed E-state index contributed by atoms with van der Waals surface area (Å²) in [7, 11) is -3.48. The van der Waals surface area contributed by atoms with Crippen molar-refractivity contribution in [2.75, 3.05) is 26.2 Å². The van der Waals surface area contributed by atoms with Gasteiger partial charge in [0.1, 0.15) is 0 Å². The van der Waals surface area contributed by atoms with Crippen molar-refractivity contribution >= 4 is 16.1 Å². The normalized spacial score (nSPS) is 17.9. The smallest absolute Gasteiger partial charge is 0.279 e. The predicted octanol–water partition coefficient (Wildman–Crippen LogP) is -0.167. The lowest BCUT2D eigenvalue weighted by molar-refractivity contribution is -0.119. The molecule has 2 N–H and O–H groups in total. The quantitative estimate of drug-likeness (QED) is 0.698. The molecule has 7 heteroatoms. The maximum absolute atomic E-state index is 11.8. The zero-order valence-electron chi connectivity index (χ0n) is 10.2. The van der Waals surface area contributed by atoms with Crippen molar-refractivity contribution in [2.45, 2.75) is 32.6 Å². The second-order valence-corrected chi connectivity index (χ2v) is 5.89. The number of amides is 1. The topological polar surface area (TPSA) is 78.5 Å². The van der Waals surface area contributed by atoms with E-state index in [0.29, 0.717) is 19.6 Å². The van der Waals surface area contributed by atoms with E-state index in [9.17, 15) is 13.2 Å².